The van der Waals surface area contributed by atoms with Crippen molar-refractivity contribution in [1.82, 2.24) is 0 Å². The number of rotatable bonds is 4. The van der Waals surface area contributed by atoms with Crippen LogP contribution in [0, 0.1) is 0 Å². The predicted octanol–water partition coefficient (Wildman–Crippen LogP) is 3.73. The molecule has 0 aliphatic rings. The molecule has 0 aromatic rings. The molecule has 0 fully saturated rings. The summed E-state index contributed by atoms with van der Waals surface area (Å²) in [6.45, 7) is 11.5. The van der Waals surface area contributed by atoms with Crippen LogP contribution in [0.2, 0.25) is 19.6 Å². The standard InChI is InChI=1S/C9H21NS2Si/c1-6-11-9(12-7-2)10-8-13(3,4)5/h6-8H2,1-5H3. The van der Waals surface area contributed by atoms with Crippen LogP contribution < -0.4 is 0 Å². The average Bonchev–Trinajstić information content (AvgIpc) is 2.00. The van der Waals surface area contributed by atoms with E-state index in [-0.39, 0.29) is 0 Å². The molecule has 78 valence electrons. The van der Waals surface area contributed by atoms with E-state index >= 15 is 0 Å². The van der Waals surface area contributed by atoms with Crippen LogP contribution in [0.1, 0.15) is 13.8 Å². The molecule has 0 amide bonds. The highest BCUT2D eigenvalue weighted by Crippen LogP contribution is 2.17. The molecule has 0 unspecified atom stereocenters. The molecule has 13 heavy (non-hydrogen) atoms. The first kappa shape index (κ1) is 13.6. The Labute approximate surface area is 92.2 Å². The van der Waals surface area contributed by atoms with Crippen LogP contribution in [0.25, 0.3) is 0 Å². The number of hydrogen-bond donors (Lipinski definition) is 0. The molecule has 0 saturated carbocycles. The zero-order chi connectivity index (χ0) is 10.3. The van der Waals surface area contributed by atoms with Gasteiger partial charge in [0.15, 0.2) is 0 Å². The van der Waals surface area contributed by atoms with E-state index in [0.29, 0.717) is 0 Å². The normalized spacial score (nSPS) is 11.5. The van der Waals surface area contributed by atoms with Crippen molar-refractivity contribution in [1.29, 1.82) is 0 Å². The minimum atomic E-state index is -0.992. The Morgan fingerprint density at radius 3 is 1.85 bits per heavy atom. The van der Waals surface area contributed by atoms with Crippen molar-refractivity contribution in [3.63, 3.8) is 0 Å². The van der Waals surface area contributed by atoms with Crippen molar-refractivity contribution in [3.05, 3.63) is 0 Å². The maximum Gasteiger partial charge on any atom is 0.124 e. The molecule has 1 nitrogen and oxygen atoms in total. The zero-order valence-corrected chi connectivity index (χ0v) is 12.0. The van der Waals surface area contributed by atoms with Crippen molar-refractivity contribution >= 4 is 36.0 Å². The van der Waals surface area contributed by atoms with Gasteiger partial charge in [-0.1, -0.05) is 33.5 Å². The van der Waals surface area contributed by atoms with Crippen LogP contribution >= 0.6 is 23.5 Å². The summed E-state index contributed by atoms with van der Waals surface area (Å²) in [6.07, 6.45) is 1.07. The number of aliphatic imine (C=N–C) groups is 1. The van der Waals surface area contributed by atoms with Crippen LogP contribution in [-0.4, -0.2) is 30.1 Å². The summed E-state index contributed by atoms with van der Waals surface area (Å²) in [5.74, 6) is 2.27. The van der Waals surface area contributed by atoms with E-state index in [4.69, 9.17) is 0 Å². The van der Waals surface area contributed by atoms with Crippen LogP contribution in [0.5, 0.6) is 0 Å². The lowest BCUT2D eigenvalue weighted by Gasteiger charge is -2.12. The Morgan fingerprint density at radius 2 is 1.54 bits per heavy atom. The molecule has 0 rings (SSSR count). The molecular weight excluding hydrogens is 214 g/mol. The first-order chi connectivity index (χ1) is 5.99. The van der Waals surface area contributed by atoms with Gasteiger partial charge in [-0.25, -0.2) is 0 Å². The second-order valence-corrected chi connectivity index (χ2v) is 12.2. The highest BCUT2D eigenvalue weighted by Gasteiger charge is 2.12. The number of nitrogens with zero attached hydrogens (tertiary/aromatic N) is 1. The van der Waals surface area contributed by atoms with Gasteiger partial charge in [-0.3, -0.25) is 4.99 Å². The summed E-state index contributed by atoms with van der Waals surface area (Å²) < 4.78 is 1.28. The Kier molecular flexibility index (Phi) is 7.27. The lowest BCUT2D eigenvalue weighted by Crippen LogP contribution is -2.25. The average molecular weight is 235 g/mol. The van der Waals surface area contributed by atoms with E-state index in [9.17, 15) is 0 Å². The smallest absolute Gasteiger partial charge is 0.124 e. The van der Waals surface area contributed by atoms with Gasteiger partial charge in [0.1, 0.15) is 4.38 Å². The molecule has 0 aliphatic heterocycles. The molecule has 0 saturated heterocycles. The fourth-order valence-corrected chi connectivity index (χ4v) is 3.39. The predicted molar refractivity (Wildman–Crippen MR) is 71.9 cm³/mol. The highest BCUT2D eigenvalue weighted by atomic mass is 32.2. The van der Waals surface area contributed by atoms with Crippen molar-refractivity contribution < 1.29 is 0 Å². The highest BCUT2D eigenvalue weighted by molar-refractivity contribution is 8.38. The Hall–Kier alpha value is 0.587. The minimum Gasteiger partial charge on any atom is -0.275 e. The fourth-order valence-electron chi connectivity index (χ4n) is 0.682. The third-order valence-corrected chi connectivity index (χ3v) is 4.36. The van der Waals surface area contributed by atoms with Crippen molar-refractivity contribution in [3.8, 4) is 0 Å². The van der Waals surface area contributed by atoms with Gasteiger partial charge in [0.25, 0.3) is 0 Å². The molecule has 0 aromatic carbocycles. The Morgan fingerprint density at radius 1 is 1.08 bits per heavy atom. The molecule has 4 heteroatoms. The number of hydrogen-bond acceptors (Lipinski definition) is 3. The summed E-state index contributed by atoms with van der Waals surface area (Å²) in [7, 11) is -0.992. The topological polar surface area (TPSA) is 12.4 Å². The lowest BCUT2D eigenvalue weighted by atomic mass is 11.0. The first-order valence-electron chi connectivity index (χ1n) is 4.79. The second-order valence-electron chi connectivity index (χ2n) is 4.01. The quantitative estimate of drug-likeness (QED) is 0.418. The van der Waals surface area contributed by atoms with Gasteiger partial charge in [0.05, 0.1) is 8.07 Å². The maximum atomic E-state index is 4.68. The molecule has 0 aliphatic carbocycles. The molecular formula is C9H21NS2Si. The van der Waals surface area contributed by atoms with Crippen LogP contribution in [0.3, 0.4) is 0 Å². The summed E-state index contributed by atoms with van der Waals surface area (Å²) in [5.41, 5.74) is 0. The zero-order valence-electron chi connectivity index (χ0n) is 9.39. The third-order valence-electron chi connectivity index (χ3n) is 1.22. The van der Waals surface area contributed by atoms with Gasteiger partial charge in [0.2, 0.25) is 0 Å². The van der Waals surface area contributed by atoms with Crippen LogP contribution in [0.4, 0.5) is 0 Å². The number of thioether (sulfide) groups is 2. The van der Waals surface area contributed by atoms with Crippen LogP contribution in [-0.2, 0) is 0 Å². The SMILES string of the molecule is CCSC(=NC[Si](C)(C)C)SCC. The largest absolute Gasteiger partial charge is 0.275 e. The van der Waals surface area contributed by atoms with E-state index in [1.807, 2.05) is 23.5 Å². The van der Waals surface area contributed by atoms with Crippen molar-refractivity contribution in [2.45, 2.75) is 33.5 Å². The molecule has 0 heterocycles. The van der Waals surface area contributed by atoms with Gasteiger partial charge < -0.3 is 0 Å². The van der Waals surface area contributed by atoms with Gasteiger partial charge >= 0.3 is 0 Å². The summed E-state index contributed by atoms with van der Waals surface area (Å²) in [6, 6.07) is 0. The van der Waals surface area contributed by atoms with Gasteiger partial charge in [0, 0.05) is 6.17 Å². The maximum absolute atomic E-state index is 4.68. The van der Waals surface area contributed by atoms with Crippen LogP contribution in [0.15, 0.2) is 4.99 Å². The monoisotopic (exact) mass is 235 g/mol. The molecule has 0 bridgehead atoms. The molecule has 0 spiro atoms. The first-order valence-corrected chi connectivity index (χ1v) is 10.5. The molecule has 0 radical (unpaired) electrons. The second kappa shape index (κ2) is 6.96. The lowest BCUT2D eigenvalue weighted by molar-refractivity contribution is 1.30. The van der Waals surface area contributed by atoms with E-state index in [2.05, 4.69) is 38.5 Å². The fraction of sp³-hybridized carbons (Fsp3) is 0.889. The molecule has 0 aromatic heterocycles. The van der Waals surface area contributed by atoms with Gasteiger partial charge in [-0.2, -0.15) is 0 Å². The van der Waals surface area contributed by atoms with Gasteiger partial charge in [-0.05, 0) is 11.5 Å². The van der Waals surface area contributed by atoms with E-state index in [1.165, 1.54) is 4.38 Å². The van der Waals surface area contributed by atoms with Gasteiger partial charge in [-0.15, -0.1) is 23.5 Å². The summed E-state index contributed by atoms with van der Waals surface area (Å²) in [5, 5.41) is 0. The minimum absolute atomic E-state index is 0.992. The Balaban J connectivity index is 4.02. The van der Waals surface area contributed by atoms with Crippen molar-refractivity contribution in [2.24, 2.45) is 4.99 Å². The Bertz CT molecular complexity index is 155. The van der Waals surface area contributed by atoms with E-state index < -0.39 is 8.07 Å². The summed E-state index contributed by atoms with van der Waals surface area (Å²) in [4.78, 5) is 4.68. The molecule has 0 N–H and O–H groups in total. The molecule has 0 atom stereocenters. The third kappa shape index (κ3) is 8.90. The summed E-state index contributed by atoms with van der Waals surface area (Å²) >= 11 is 3.75. The van der Waals surface area contributed by atoms with E-state index in [0.717, 1.165) is 17.7 Å². The van der Waals surface area contributed by atoms with Crippen molar-refractivity contribution in [2.75, 3.05) is 17.7 Å². The van der Waals surface area contributed by atoms with E-state index in [1.54, 1.807) is 0 Å².